The predicted octanol–water partition coefficient (Wildman–Crippen LogP) is 3.22. The van der Waals surface area contributed by atoms with Crippen molar-refractivity contribution in [3.63, 3.8) is 0 Å². The van der Waals surface area contributed by atoms with E-state index in [0.717, 1.165) is 43.3 Å². The number of rotatable bonds is 5. The van der Waals surface area contributed by atoms with E-state index < -0.39 is 0 Å². The van der Waals surface area contributed by atoms with Gasteiger partial charge in [0.25, 0.3) is 0 Å². The Morgan fingerprint density at radius 2 is 2.31 bits per heavy atom. The van der Waals surface area contributed by atoms with Crippen molar-refractivity contribution in [1.82, 2.24) is 24.4 Å². The van der Waals surface area contributed by atoms with Gasteiger partial charge in [0.2, 0.25) is 0 Å². The summed E-state index contributed by atoms with van der Waals surface area (Å²) in [5, 5.41) is 12.8. The zero-order valence-corrected chi connectivity index (χ0v) is 15.3. The number of aryl methyl sites for hydroxylation is 1. The molecule has 132 valence electrons. The number of nitriles is 1. The zero-order chi connectivity index (χ0) is 17.9. The lowest BCUT2D eigenvalue weighted by molar-refractivity contribution is 0.236. The number of likely N-dealkylation sites (tertiary alicyclic amines) is 1. The van der Waals surface area contributed by atoms with Crippen molar-refractivity contribution < 1.29 is 0 Å². The third-order valence-electron chi connectivity index (χ3n) is 4.59. The molecule has 1 N–H and O–H groups in total. The summed E-state index contributed by atoms with van der Waals surface area (Å²) in [5.74, 6) is 1.82. The molecule has 0 aromatic carbocycles. The minimum Gasteiger partial charge on any atom is -0.337 e. The largest absolute Gasteiger partial charge is 0.337 e. The number of thiazole rings is 1. The van der Waals surface area contributed by atoms with Crippen LogP contribution in [-0.2, 0) is 13.6 Å². The number of hydrogen-bond donors (Lipinski definition) is 1. The van der Waals surface area contributed by atoms with E-state index >= 15 is 0 Å². The van der Waals surface area contributed by atoms with Gasteiger partial charge in [0.15, 0.2) is 5.13 Å². The molecule has 1 saturated heterocycles. The number of imidazole rings is 1. The zero-order valence-electron chi connectivity index (χ0n) is 14.5. The fourth-order valence-electron chi connectivity index (χ4n) is 3.28. The molecule has 0 amide bonds. The van der Waals surface area contributed by atoms with Crippen LogP contribution < -0.4 is 5.32 Å². The van der Waals surface area contributed by atoms with Gasteiger partial charge in [-0.1, -0.05) is 17.4 Å². The van der Waals surface area contributed by atoms with Crippen molar-refractivity contribution in [2.75, 3.05) is 11.9 Å². The van der Waals surface area contributed by atoms with Gasteiger partial charge in [-0.15, -0.1) is 0 Å². The van der Waals surface area contributed by atoms with Gasteiger partial charge in [-0.3, -0.25) is 4.90 Å². The van der Waals surface area contributed by atoms with Crippen LogP contribution in [0.15, 0.2) is 36.8 Å². The lowest BCUT2D eigenvalue weighted by Crippen LogP contribution is -2.25. The van der Waals surface area contributed by atoms with Crippen molar-refractivity contribution in [3.8, 4) is 6.07 Å². The standard InChI is InChI=1S/C18H19N7S/c1-24-9-7-20-17(24)12-25-8-3-5-15(25)14-4-2-6-16(22-14)23-18-21-11-13(10-19)26-18/h2,4,6-7,9,11,15H,3,5,8,12H2,1H3,(H,21,22,23)/t15-/m0/s1. The molecule has 4 rings (SSSR count). The summed E-state index contributed by atoms with van der Waals surface area (Å²) in [7, 11) is 2.03. The molecule has 8 heteroatoms. The van der Waals surface area contributed by atoms with Gasteiger partial charge in [-0.25, -0.2) is 15.0 Å². The van der Waals surface area contributed by atoms with Gasteiger partial charge in [-0.05, 0) is 31.5 Å². The molecule has 1 fully saturated rings. The van der Waals surface area contributed by atoms with Crippen LogP contribution in [0.25, 0.3) is 0 Å². The van der Waals surface area contributed by atoms with Crippen LogP contribution in [0.5, 0.6) is 0 Å². The minimum absolute atomic E-state index is 0.291. The molecule has 0 saturated carbocycles. The molecule has 0 aliphatic carbocycles. The predicted molar refractivity (Wildman–Crippen MR) is 99.9 cm³/mol. The molecule has 3 aromatic rings. The van der Waals surface area contributed by atoms with Gasteiger partial charge in [-0.2, -0.15) is 5.26 Å². The maximum absolute atomic E-state index is 8.92. The average Bonchev–Trinajstić information content (AvgIpc) is 3.38. The van der Waals surface area contributed by atoms with Crippen LogP contribution in [0, 0.1) is 11.3 Å². The molecule has 26 heavy (non-hydrogen) atoms. The Morgan fingerprint density at radius 3 is 3.08 bits per heavy atom. The highest BCUT2D eigenvalue weighted by atomic mass is 32.1. The van der Waals surface area contributed by atoms with Crippen LogP contribution in [0.3, 0.4) is 0 Å². The quantitative estimate of drug-likeness (QED) is 0.747. The van der Waals surface area contributed by atoms with E-state index in [4.69, 9.17) is 10.2 Å². The topological polar surface area (TPSA) is 82.7 Å². The minimum atomic E-state index is 0.291. The van der Waals surface area contributed by atoms with Gasteiger partial charge in [0.1, 0.15) is 22.6 Å². The molecule has 1 aliphatic rings. The Labute approximate surface area is 156 Å². The summed E-state index contributed by atoms with van der Waals surface area (Å²) < 4.78 is 2.07. The van der Waals surface area contributed by atoms with E-state index in [2.05, 4.69) is 36.9 Å². The van der Waals surface area contributed by atoms with Gasteiger partial charge in [0, 0.05) is 19.4 Å². The van der Waals surface area contributed by atoms with E-state index in [-0.39, 0.29) is 0 Å². The first-order valence-corrected chi connectivity index (χ1v) is 9.35. The number of anilines is 2. The highest BCUT2D eigenvalue weighted by molar-refractivity contribution is 7.16. The van der Waals surface area contributed by atoms with E-state index in [1.807, 2.05) is 31.6 Å². The SMILES string of the molecule is Cn1ccnc1CN1CCC[C@H]1c1cccc(Nc2ncc(C#N)s2)n1. The monoisotopic (exact) mass is 365 g/mol. The molecule has 0 bridgehead atoms. The van der Waals surface area contributed by atoms with Crippen LogP contribution in [0.2, 0.25) is 0 Å². The first kappa shape index (κ1) is 16.7. The fourth-order valence-corrected chi connectivity index (χ4v) is 3.90. The fraction of sp³-hybridized carbons (Fsp3) is 0.333. The maximum Gasteiger partial charge on any atom is 0.189 e. The third-order valence-corrected chi connectivity index (χ3v) is 5.41. The first-order valence-electron chi connectivity index (χ1n) is 8.53. The summed E-state index contributed by atoms with van der Waals surface area (Å²) >= 11 is 1.33. The van der Waals surface area contributed by atoms with Crippen LogP contribution in [0.1, 0.15) is 35.3 Å². The number of aromatic nitrogens is 4. The van der Waals surface area contributed by atoms with Gasteiger partial charge < -0.3 is 9.88 Å². The van der Waals surface area contributed by atoms with Crippen molar-refractivity contribution in [1.29, 1.82) is 5.26 Å². The molecule has 1 aliphatic heterocycles. The van der Waals surface area contributed by atoms with Gasteiger partial charge >= 0.3 is 0 Å². The molecular weight excluding hydrogens is 346 g/mol. The molecule has 3 aromatic heterocycles. The highest BCUT2D eigenvalue weighted by Crippen LogP contribution is 2.32. The van der Waals surface area contributed by atoms with E-state index in [1.165, 1.54) is 11.3 Å². The second-order valence-corrected chi connectivity index (χ2v) is 7.33. The molecule has 0 spiro atoms. The molecule has 7 nitrogen and oxygen atoms in total. The Morgan fingerprint density at radius 1 is 1.38 bits per heavy atom. The number of hydrogen-bond acceptors (Lipinski definition) is 7. The van der Waals surface area contributed by atoms with Crippen molar-refractivity contribution in [2.45, 2.75) is 25.4 Å². The number of nitrogens with zero attached hydrogens (tertiary/aromatic N) is 6. The maximum atomic E-state index is 8.92. The van der Waals surface area contributed by atoms with E-state index in [0.29, 0.717) is 16.1 Å². The second kappa shape index (κ2) is 7.23. The molecular formula is C18H19N7S. The van der Waals surface area contributed by atoms with E-state index in [9.17, 15) is 0 Å². The molecule has 0 unspecified atom stereocenters. The van der Waals surface area contributed by atoms with Gasteiger partial charge in [0.05, 0.1) is 24.5 Å². The van der Waals surface area contributed by atoms with Crippen molar-refractivity contribution >= 4 is 22.3 Å². The average molecular weight is 365 g/mol. The molecule has 1 atom stereocenters. The Bertz CT molecular complexity index is 939. The Hall–Kier alpha value is -2.76. The Balaban J connectivity index is 1.51. The molecule has 0 radical (unpaired) electrons. The van der Waals surface area contributed by atoms with Crippen LogP contribution >= 0.6 is 11.3 Å². The van der Waals surface area contributed by atoms with Crippen molar-refractivity contribution in [2.24, 2.45) is 7.05 Å². The highest BCUT2D eigenvalue weighted by Gasteiger charge is 2.28. The summed E-state index contributed by atoms with van der Waals surface area (Å²) in [6.45, 7) is 1.88. The smallest absolute Gasteiger partial charge is 0.189 e. The number of pyridine rings is 1. The second-order valence-electron chi connectivity index (χ2n) is 6.30. The summed E-state index contributed by atoms with van der Waals surface area (Å²) in [6.07, 6.45) is 7.64. The normalized spacial score (nSPS) is 17.3. The Kier molecular flexibility index (Phi) is 4.65. The lowest BCUT2D eigenvalue weighted by Gasteiger charge is -2.24. The summed E-state index contributed by atoms with van der Waals surface area (Å²) in [6, 6.07) is 8.41. The lowest BCUT2D eigenvalue weighted by atomic mass is 10.1. The van der Waals surface area contributed by atoms with Crippen molar-refractivity contribution in [3.05, 3.63) is 53.2 Å². The first-order chi connectivity index (χ1) is 12.7. The molecule has 4 heterocycles. The van der Waals surface area contributed by atoms with E-state index in [1.54, 1.807) is 6.20 Å². The third kappa shape index (κ3) is 3.45. The van der Waals surface area contributed by atoms with Crippen LogP contribution in [-0.4, -0.2) is 31.0 Å². The summed E-state index contributed by atoms with van der Waals surface area (Å²) in [5.41, 5.74) is 1.05. The number of nitrogens with one attached hydrogen (secondary N) is 1. The summed E-state index contributed by atoms with van der Waals surface area (Å²) in [4.78, 5) is 16.5. The van der Waals surface area contributed by atoms with Crippen LogP contribution in [0.4, 0.5) is 10.9 Å².